The summed E-state index contributed by atoms with van der Waals surface area (Å²) in [5.41, 5.74) is 2.03. The summed E-state index contributed by atoms with van der Waals surface area (Å²) in [7, 11) is 0. The third kappa shape index (κ3) is 3.20. The molecule has 0 aliphatic carbocycles. The highest BCUT2D eigenvalue weighted by molar-refractivity contribution is 5.35. The van der Waals surface area contributed by atoms with Crippen molar-refractivity contribution in [3.05, 3.63) is 53.9 Å². The normalized spacial score (nSPS) is 16.7. The molecule has 0 bridgehead atoms. The minimum Gasteiger partial charge on any atom is -0.395 e. The molecule has 1 atom stereocenters. The minimum absolute atomic E-state index is 0.0559. The van der Waals surface area contributed by atoms with Crippen molar-refractivity contribution in [1.29, 1.82) is 0 Å². The largest absolute Gasteiger partial charge is 0.395 e. The van der Waals surface area contributed by atoms with Gasteiger partial charge in [-0.05, 0) is 11.1 Å². The van der Waals surface area contributed by atoms with Crippen LogP contribution in [0.1, 0.15) is 17.0 Å². The lowest BCUT2D eigenvalue weighted by Crippen LogP contribution is -2.44. The minimum atomic E-state index is -0.0664. The highest BCUT2D eigenvalue weighted by atomic mass is 16.3. The Hall–Kier alpha value is -1.98. The van der Waals surface area contributed by atoms with Crippen LogP contribution in [0.4, 0.5) is 5.95 Å². The third-order valence-electron chi connectivity index (χ3n) is 3.84. The zero-order valence-electron chi connectivity index (χ0n) is 11.9. The summed E-state index contributed by atoms with van der Waals surface area (Å²) >= 11 is 0. The van der Waals surface area contributed by atoms with Crippen LogP contribution in [0.25, 0.3) is 0 Å². The first kappa shape index (κ1) is 14.0. The maximum atomic E-state index is 9.68. The SMILES string of the molecule is OCC(c1ccccc1)c1cnc(N2CCNCC2)nc1. The Labute approximate surface area is 124 Å². The molecule has 1 unspecified atom stereocenters. The fourth-order valence-corrected chi connectivity index (χ4v) is 2.63. The molecule has 1 saturated heterocycles. The quantitative estimate of drug-likeness (QED) is 0.877. The molecule has 1 aromatic carbocycles. The van der Waals surface area contributed by atoms with E-state index >= 15 is 0 Å². The lowest BCUT2D eigenvalue weighted by atomic mass is 9.94. The van der Waals surface area contributed by atoms with Crippen molar-refractivity contribution in [2.45, 2.75) is 5.92 Å². The van der Waals surface area contributed by atoms with Crippen molar-refractivity contribution in [2.75, 3.05) is 37.7 Å². The van der Waals surface area contributed by atoms with E-state index in [0.717, 1.165) is 43.3 Å². The Bertz CT molecular complexity index is 552. The molecular formula is C16H20N4O. The van der Waals surface area contributed by atoms with Crippen LogP contribution in [-0.4, -0.2) is 47.9 Å². The number of piperazine rings is 1. The van der Waals surface area contributed by atoms with Gasteiger partial charge in [0.1, 0.15) is 0 Å². The summed E-state index contributed by atoms with van der Waals surface area (Å²) in [4.78, 5) is 11.1. The summed E-state index contributed by atoms with van der Waals surface area (Å²) in [5.74, 6) is 0.702. The summed E-state index contributed by atoms with van der Waals surface area (Å²) in [6.07, 6.45) is 3.66. The zero-order valence-corrected chi connectivity index (χ0v) is 11.9. The molecule has 5 nitrogen and oxygen atoms in total. The predicted octanol–water partition coefficient (Wildman–Crippen LogP) is 1.01. The molecule has 0 spiro atoms. The number of aliphatic hydroxyl groups is 1. The Morgan fingerprint density at radius 3 is 2.33 bits per heavy atom. The molecule has 2 N–H and O–H groups in total. The van der Waals surface area contributed by atoms with Gasteiger partial charge in [0.05, 0.1) is 6.61 Å². The Balaban J connectivity index is 1.79. The Kier molecular flexibility index (Phi) is 4.43. The summed E-state index contributed by atoms with van der Waals surface area (Å²) in [5, 5.41) is 13.0. The van der Waals surface area contributed by atoms with E-state index < -0.39 is 0 Å². The molecule has 1 aromatic heterocycles. The van der Waals surface area contributed by atoms with Gasteiger partial charge in [-0.1, -0.05) is 30.3 Å². The fourth-order valence-electron chi connectivity index (χ4n) is 2.63. The van der Waals surface area contributed by atoms with E-state index in [1.807, 2.05) is 42.7 Å². The molecule has 2 heterocycles. The van der Waals surface area contributed by atoms with E-state index in [2.05, 4.69) is 20.2 Å². The van der Waals surface area contributed by atoms with Crippen molar-refractivity contribution in [3.63, 3.8) is 0 Å². The maximum Gasteiger partial charge on any atom is 0.225 e. The van der Waals surface area contributed by atoms with E-state index in [1.54, 1.807) is 0 Å². The zero-order chi connectivity index (χ0) is 14.5. The number of rotatable bonds is 4. The van der Waals surface area contributed by atoms with Crippen LogP contribution < -0.4 is 10.2 Å². The molecule has 2 aromatic rings. The number of nitrogens with zero attached hydrogens (tertiary/aromatic N) is 3. The molecule has 110 valence electrons. The number of anilines is 1. The summed E-state index contributed by atoms with van der Waals surface area (Å²) in [6.45, 7) is 3.85. The van der Waals surface area contributed by atoms with Crippen LogP contribution in [0, 0.1) is 0 Å². The van der Waals surface area contributed by atoms with Crippen LogP contribution in [0.15, 0.2) is 42.7 Å². The first-order valence-electron chi connectivity index (χ1n) is 7.32. The van der Waals surface area contributed by atoms with Crippen molar-refractivity contribution < 1.29 is 5.11 Å². The van der Waals surface area contributed by atoms with E-state index in [1.165, 1.54) is 0 Å². The molecule has 3 rings (SSSR count). The van der Waals surface area contributed by atoms with Gasteiger partial charge in [0.25, 0.3) is 0 Å². The summed E-state index contributed by atoms with van der Waals surface area (Å²) < 4.78 is 0. The van der Waals surface area contributed by atoms with Crippen molar-refractivity contribution in [3.8, 4) is 0 Å². The van der Waals surface area contributed by atoms with Crippen LogP contribution in [0.3, 0.4) is 0 Å². The number of hydrogen-bond acceptors (Lipinski definition) is 5. The first-order valence-corrected chi connectivity index (χ1v) is 7.32. The van der Waals surface area contributed by atoms with Crippen LogP contribution in [0.2, 0.25) is 0 Å². The second kappa shape index (κ2) is 6.65. The van der Waals surface area contributed by atoms with Gasteiger partial charge in [-0.15, -0.1) is 0 Å². The third-order valence-corrected chi connectivity index (χ3v) is 3.84. The van der Waals surface area contributed by atoms with E-state index in [-0.39, 0.29) is 12.5 Å². The van der Waals surface area contributed by atoms with Crippen LogP contribution in [-0.2, 0) is 0 Å². The number of benzene rings is 1. The standard InChI is InChI=1S/C16H20N4O/c21-12-15(13-4-2-1-3-5-13)14-10-18-16(19-11-14)20-8-6-17-7-9-20/h1-5,10-11,15,17,21H,6-9,12H2. The van der Waals surface area contributed by atoms with Crippen LogP contribution >= 0.6 is 0 Å². The Morgan fingerprint density at radius 1 is 1.05 bits per heavy atom. The van der Waals surface area contributed by atoms with Gasteiger partial charge >= 0.3 is 0 Å². The molecule has 1 fully saturated rings. The number of aliphatic hydroxyl groups excluding tert-OH is 1. The predicted molar refractivity (Wildman–Crippen MR) is 82.5 cm³/mol. The van der Waals surface area contributed by atoms with E-state index in [0.29, 0.717) is 0 Å². The number of aromatic nitrogens is 2. The lowest BCUT2D eigenvalue weighted by molar-refractivity contribution is 0.280. The van der Waals surface area contributed by atoms with Gasteiger partial charge in [0.15, 0.2) is 0 Å². The van der Waals surface area contributed by atoms with Gasteiger partial charge in [-0.2, -0.15) is 0 Å². The highest BCUT2D eigenvalue weighted by Crippen LogP contribution is 2.23. The van der Waals surface area contributed by atoms with Gasteiger partial charge in [-0.3, -0.25) is 0 Å². The number of hydrogen-bond donors (Lipinski definition) is 2. The molecular weight excluding hydrogens is 264 g/mol. The smallest absolute Gasteiger partial charge is 0.225 e. The monoisotopic (exact) mass is 284 g/mol. The van der Waals surface area contributed by atoms with Crippen LogP contribution in [0.5, 0.6) is 0 Å². The molecule has 5 heteroatoms. The van der Waals surface area contributed by atoms with Gasteiger partial charge in [0.2, 0.25) is 5.95 Å². The molecule has 0 radical (unpaired) electrons. The molecule has 0 amide bonds. The molecule has 1 aliphatic heterocycles. The average Bonchev–Trinajstić information content (AvgIpc) is 2.58. The molecule has 1 aliphatic rings. The van der Waals surface area contributed by atoms with Crippen molar-refractivity contribution in [1.82, 2.24) is 15.3 Å². The summed E-state index contributed by atoms with van der Waals surface area (Å²) in [6, 6.07) is 9.97. The first-order chi connectivity index (χ1) is 10.4. The topological polar surface area (TPSA) is 61.3 Å². The lowest BCUT2D eigenvalue weighted by Gasteiger charge is -2.27. The second-order valence-electron chi connectivity index (χ2n) is 5.20. The van der Waals surface area contributed by atoms with Gasteiger partial charge < -0.3 is 15.3 Å². The van der Waals surface area contributed by atoms with E-state index in [4.69, 9.17) is 0 Å². The molecule has 0 saturated carbocycles. The van der Waals surface area contributed by atoms with Crippen molar-refractivity contribution >= 4 is 5.95 Å². The highest BCUT2D eigenvalue weighted by Gasteiger charge is 2.16. The van der Waals surface area contributed by atoms with E-state index in [9.17, 15) is 5.11 Å². The van der Waals surface area contributed by atoms with Gasteiger partial charge in [0, 0.05) is 44.5 Å². The fraction of sp³-hybridized carbons (Fsp3) is 0.375. The maximum absolute atomic E-state index is 9.68. The number of nitrogens with one attached hydrogen (secondary N) is 1. The molecule has 21 heavy (non-hydrogen) atoms. The average molecular weight is 284 g/mol. The second-order valence-corrected chi connectivity index (χ2v) is 5.20. The van der Waals surface area contributed by atoms with Gasteiger partial charge in [-0.25, -0.2) is 9.97 Å². The Morgan fingerprint density at radius 2 is 1.71 bits per heavy atom. The van der Waals surface area contributed by atoms with Crippen molar-refractivity contribution in [2.24, 2.45) is 0 Å².